The number of likely N-dealkylation sites (tertiary alicyclic amines) is 1. The Morgan fingerprint density at radius 3 is 2.74 bits per heavy atom. The van der Waals surface area contributed by atoms with Crippen molar-refractivity contribution in [1.29, 1.82) is 0 Å². The summed E-state index contributed by atoms with van der Waals surface area (Å²) in [6.07, 6.45) is 0.651. The van der Waals surface area contributed by atoms with E-state index in [2.05, 4.69) is 15.0 Å². The molecular formula is C15H17Cl2N3O3. The third kappa shape index (κ3) is 3.83. The fourth-order valence-electron chi connectivity index (χ4n) is 2.62. The lowest BCUT2D eigenvalue weighted by Crippen LogP contribution is -2.26. The molecule has 1 aliphatic heterocycles. The van der Waals surface area contributed by atoms with E-state index in [0.29, 0.717) is 29.7 Å². The van der Waals surface area contributed by atoms with Crippen molar-refractivity contribution < 1.29 is 14.4 Å². The molecule has 1 aromatic carbocycles. The first-order chi connectivity index (χ1) is 10.5. The zero-order valence-electron chi connectivity index (χ0n) is 12.5. The van der Waals surface area contributed by atoms with Crippen molar-refractivity contribution in [3.63, 3.8) is 0 Å². The number of halogens is 2. The maximum Gasteiger partial charge on any atom is 0.307 e. The van der Waals surface area contributed by atoms with Crippen LogP contribution < -0.4 is 0 Å². The lowest BCUT2D eigenvalue weighted by Gasteiger charge is -2.20. The number of benzene rings is 1. The molecule has 2 unspecified atom stereocenters. The number of aromatic nitrogens is 2. The Bertz CT molecular complexity index is 675. The molecule has 6 nitrogen and oxygen atoms in total. The van der Waals surface area contributed by atoms with Crippen LogP contribution in [-0.2, 0) is 4.79 Å². The zero-order chi connectivity index (χ0) is 15.7. The Morgan fingerprint density at radius 1 is 1.43 bits per heavy atom. The highest BCUT2D eigenvalue weighted by molar-refractivity contribution is 6.30. The Kier molecular flexibility index (Phi) is 5.62. The monoisotopic (exact) mass is 357 g/mol. The summed E-state index contributed by atoms with van der Waals surface area (Å²) in [5.41, 5.74) is 0.830. The van der Waals surface area contributed by atoms with Crippen LogP contribution in [0.5, 0.6) is 0 Å². The van der Waals surface area contributed by atoms with Crippen molar-refractivity contribution in [2.45, 2.75) is 19.4 Å². The maximum absolute atomic E-state index is 11.0. The summed E-state index contributed by atoms with van der Waals surface area (Å²) in [4.78, 5) is 17.5. The normalized spacial score (nSPS) is 19.3. The van der Waals surface area contributed by atoms with Gasteiger partial charge in [-0.2, -0.15) is 4.98 Å². The first kappa shape index (κ1) is 17.7. The van der Waals surface area contributed by atoms with Crippen molar-refractivity contribution in [2.24, 2.45) is 5.92 Å². The molecule has 0 spiro atoms. The number of nitrogens with zero attached hydrogens (tertiary/aromatic N) is 3. The molecule has 23 heavy (non-hydrogen) atoms. The van der Waals surface area contributed by atoms with Gasteiger partial charge in [-0.25, -0.2) is 0 Å². The van der Waals surface area contributed by atoms with E-state index in [1.807, 2.05) is 19.1 Å². The van der Waals surface area contributed by atoms with E-state index in [4.69, 9.17) is 21.2 Å². The Balaban J connectivity index is 0.00000192. The van der Waals surface area contributed by atoms with E-state index in [1.165, 1.54) is 0 Å². The smallest absolute Gasteiger partial charge is 0.307 e. The van der Waals surface area contributed by atoms with Crippen LogP contribution in [0.3, 0.4) is 0 Å². The highest BCUT2D eigenvalue weighted by Crippen LogP contribution is 2.28. The Labute approximate surface area is 144 Å². The van der Waals surface area contributed by atoms with Crippen molar-refractivity contribution in [3.05, 3.63) is 35.2 Å². The van der Waals surface area contributed by atoms with Gasteiger partial charge in [0.2, 0.25) is 11.7 Å². The van der Waals surface area contributed by atoms with Crippen molar-refractivity contribution in [1.82, 2.24) is 15.0 Å². The number of aliphatic carboxylic acids is 1. The average molecular weight is 358 g/mol. The van der Waals surface area contributed by atoms with E-state index < -0.39 is 5.97 Å². The van der Waals surface area contributed by atoms with Gasteiger partial charge in [-0.3, -0.25) is 9.69 Å². The quantitative estimate of drug-likeness (QED) is 0.904. The molecule has 1 fully saturated rings. The Hall–Kier alpha value is -1.63. The molecule has 0 radical (unpaired) electrons. The Morgan fingerprint density at radius 2 is 2.13 bits per heavy atom. The third-order valence-corrected chi connectivity index (χ3v) is 4.27. The summed E-state index contributed by atoms with van der Waals surface area (Å²) in [6, 6.07) is 7.11. The van der Waals surface area contributed by atoms with Crippen LogP contribution in [0.15, 0.2) is 28.8 Å². The van der Waals surface area contributed by atoms with Crippen LogP contribution in [0.4, 0.5) is 0 Å². The highest BCUT2D eigenvalue weighted by atomic mass is 35.5. The largest absolute Gasteiger partial charge is 0.481 e. The van der Waals surface area contributed by atoms with Gasteiger partial charge in [-0.05, 0) is 44.2 Å². The summed E-state index contributed by atoms with van der Waals surface area (Å²) in [5, 5.41) is 13.7. The predicted molar refractivity (Wildman–Crippen MR) is 87.7 cm³/mol. The molecule has 1 aliphatic rings. The molecule has 3 rings (SSSR count). The van der Waals surface area contributed by atoms with Gasteiger partial charge in [0, 0.05) is 17.1 Å². The summed E-state index contributed by atoms with van der Waals surface area (Å²) < 4.78 is 5.34. The van der Waals surface area contributed by atoms with Gasteiger partial charge in [0.25, 0.3) is 0 Å². The topological polar surface area (TPSA) is 79.5 Å². The first-order valence-corrected chi connectivity index (χ1v) is 7.49. The average Bonchev–Trinajstić information content (AvgIpc) is 3.17. The molecule has 2 atom stereocenters. The van der Waals surface area contributed by atoms with E-state index in [-0.39, 0.29) is 24.4 Å². The van der Waals surface area contributed by atoms with Crippen LogP contribution in [-0.4, -0.2) is 39.2 Å². The van der Waals surface area contributed by atoms with Gasteiger partial charge < -0.3 is 9.63 Å². The zero-order valence-corrected chi connectivity index (χ0v) is 14.0. The van der Waals surface area contributed by atoms with E-state index in [0.717, 1.165) is 12.1 Å². The number of hydrogen-bond donors (Lipinski definition) is 1. The molecule has 0 aliphatic carbocycles. The lowest BCUT2D eigenvalue weighted by molar-refractivity contribution is -0.141. The SMILES string of the molecule is CC(c1nc(-c2ccc(Cl)cc2)no1)N1CCC(C(=O)O)C1.Cl. The highest BCUT2D eigenvalue weighted by Gasteiger charge is 2.33. The van der Waals surface area contributed by atoms with Gasteiger partial charge in [-0.1, -0.05) is 16.8 Å². The molecule has 2 aromatic rings. The molecule has 1 aromatic heterocycles. The minimum absolute atomic E-state index is 0. The summed E-state index contributed by atoms with van der Waals surface area (Å²) in [7, 11) is 0. The van der Waals surface area contributed by atoms with Crippen LogP contribution in [0.25, 0.3) is 11.4 Å². The minimum atomic E-state index is -0.748. The summed E-state index contributed by atoms with van der Waals surface area (Å²) in [6.45, 7) is 3.18. The van der Waals surface area contributed by atoms with Gasteiger partial charge in [0.1, 0.15) is 0 Å². The second kappa shape index (κ2) is 7.29. The van der Waals surface area contributed by atoms with Crippen LogP contribution in [0, 0.1) is 5.92 Å². The predicted octanol–water partition coefficient (Wildman–Crippen LogP) is 3.28. The van der Waals surface area contributed by atoms with Gasteiger partial charge >= 0.3 is 5.97 Å². The number of carbonyl (C=O) groups is 1. The van der Waals surface area contributed by atoms with Gasteiger partial charge in [0.05, 0.1) is 12.0 Å². The molecule has 1 N–H and O–H groups in total. The fraction of sp³-hybridized carbons (Fsp3) is 0.400. The van der Waals surface area contributed by atoms with Gasteiger partial charge in [-0.15, -0.1) is 12.4 Å². The second-order valence-corrected chi connectivity index (χ2v) is 5.89. The molecule has 8 heteroatoms. The first-order valence-electron chi connectivity index (χ1n) is 7.11. The molecular weight excluding hydrogens is 341 g/mol. The molecule has 124 valence electrons. The third-order valence-electron chi connectivity index (χ3n) is 4.02. The molecule has 2 heterocycles. The standard InChI is InChI=1S/C15H16ClN3O3.ClH/c1-9(19-7-6-11(8-19)15(20)21)14-17-13(18-22-14)10-2-4-12(16)5-3-10;/h2-5,9,11H,6-8H2,1H3,(H,20,21);1H. The number of carboxylic acids is 1. The van der Waals surface area contributed by atoms with E-state index in [1.54, 1.807) is 12.1 Å². The van der Waals surface area contributed by atoms with Gasteiger partial charge in [0.15, 0.2) is 0 Å². The summed E-state index contributed by atoms with van der Waals surface area (Å²) in [5.74, 6) is -0.0633. The van der Waals surface area contributed by atoms with E-state index >= 15 is 0 Å². The van der Waals surface area contributed by atoms with Crippen molar-refractivity contribution >= 4 is 30.0 Å². The summed E-state index contributed by atoms with van der Waals surface area (Å²) >= 11 is 5.86. The molecule has 0 amide bonds. The molecule has 0 bridgehead atoms. The molecule has 0 saturated carbocycles. The van der Waals surface area contributed by atoms with Crippen LogP contribution in [0.2, 0.25) is 5.02 Å². The maximum atomic E-state index is 11.0. The van der Waals surface area contributed by atoms with Crippen molar-refractivity contribution in [3.8, 4) is 11.4 Å². The number of carboxylic acid groups (broad SMARTS) is 1. The van der Waals surface area contributed by atoms with E-state index in [9.17, 15) is 4.79 Å². The number of hydrogen-bond acceptors (Lipinski definition) is 5. The lowest BCUT2D eigenvalue weighted by atomic mass is 10.1. The minimum Gasteiger partial charge on any atom is -0.481 e. The fourth-order valence-corrected chi connectivity index (χ4v) is 2.74. The van der Waals surface area contributed by atoms with Crippen LogP contribution >= 0.6 is 24.0 Å². The number of rotatable bonds is 4. The second-order valence-electron chi connectivity index (χ2n) is 5.46. The molecule has 1 saturated heterocycles. The van der Waals surface area contributed by atoms with Crippen LogP contribution in [0.1, 0.15) is 25.3 Å². The van der Waals surface area contributed by atoms with Crippen molar-refractivity contribution in [2.75, 3.05) is 13.1 Å².